The van der Waals surface area contributed by atoms with E-state index in [0.29, 0.717) is 5.92 Å². The molecule has 2 amide bonds. The van der Waals surface area contributed by atoms with Gasteiger partial charge in [-0.1, -0.05) is 0 Å². The number of fused-ring (bicyclic) bond motifs is 1. The predicted octanol–water partition coefficient (Wildman–Crippen LogP) is 2.49. The van der Waals surface area contributed by atoms with Crippen molar-refractivity contribution in [2.24, 2.45) is 11.8 Å². The lowest BCUT2D eigenvalue weighted by molar-refractivity contribution is 0.133. The number of piperidine rings is 1. The van der Waals surface area contributed by atoms with Crippen LogP contribution in [0.15, 0.2) is 24.5 Å². The number of likely N-dealkylation sites (tertiary alicyclic amines) is 1. The third-order valence-electron chi connectivity index (χ3n) is 6.20. The zero-order valence-corrected chi connectivity index (χ0v) is 14.6. The molecule has 3 saturated heterocycles. The number of pyridine rings is 1. The minimum absolute atomic E-state index is 0.155. The topological polar surface area (TPSA) is 48.5 Å². The second-order valence-corrected chi connectivity index (χ2v) is 8.14. The van der Waals surface area contributed by atoms with Gasteiger partial charge in [-0.3, -0.25) is 9.88 Å². The first-order chi connectivity index (χ1) is 11.6. The van der Waals surface area contributed by atoms with E-state index in [2.05, 4.69) is 39.2 Å². The Balaban J connectivity index is 1.19. The Morgan fingerprint density at radius 2 is 2.00 bits per heavy atom. The Hall–Kier alpha value is -1.62. The molecule has 0 radical (unpaired) electrons. The molecule has 24 heavy (non-hydrogen) atoms. The summed E-state index contributed by atoms with van der Waals surface area (Å²) in [6.45, 7) is 7.27. The minimum atomic E-state index is 0.155. The van der Waals surface area contributed by atoms with E-state index in [1.807, 2.05) is 12.4 Å². The van der Waals surface area contributed by atoms with Crippen LogP contribution in [-0.2, 0) is 6.54 Å². The molecule has 130 valence electrons. The molecule has 1 N–H and O–H groups in total. The van der Waals surface area contributed by atoms with E-state index in [1.54, 1.807) is 0 Å². The van der Waals surface area contributed by atoms with Gasteiger partial charge in [-0.15, -0.1) is 0 Å². The van der Waals surface area contributed by atoms with E-state index in [9.17, 15) is 4.79 Å². The maximum atomic E-state index is 12.4. The number of aromatic nitrogens is 1. The Bertz CT molecular complexity index is 576. The molecule has 0 aromatic carbocycles. The van der Waals surface area contributed by atoms with Gasteiger partial charge < -0.3 is 10.2 Å². The Morgan fingerprint density at radius 1 is 1.29 bits per heavy atom. The molecule has 3 aliphatic heterocycles. The summed E-state index contributed by atoms with van der Waals surface area (Å²) in [5.74, 6) is 1.38. The van der Waals surface area contributed by atoms with Gasteiger partial charge in [0, 0.05) is 37.6 Å². The second kappa shape index (κ2) is 6.36. The van der Waals surface area contributed by atoms with E-state index in [1.165, 1.54) is 31.2 Å². The molecule has 1 saturated carbocycles. The van der Waals surface area contributed by atoms with Gasteiger partial charge >= 0.3 is 6.03 Å². The van der Waals surface area contributed by atoms with Gasteiger partial charge in [0.25, 0.3) is 0 Å². The summed E-state index contributed by atoms with van der Waals surface area (Å²) in [7, 11) is 0. The Kier molecular flexibility index (Phi) is 4.21. The molecule has 4 fully saturated rings. The molecule has 2 bridgehead atoms. The van der Waals surface area contributed by atoms with Gasteiger partial charge in [0.15, 0.2) is 0 Å². The highest BCUT2D eigenvalue weighted by atomic mass is 16.2. The van der Waals surface area contributed by atoms with Crippen LogP contribution >= 0.6 is 0 Å². The summed E-state index contributed by atoms with van der Waals surface area (Å²) in [6, 6.07) is 4.35. The third kappa shape index (κ3) is 3.14. The quantitative estimate of drug-likeness (QED) is 0.924. The van der Waals surface area contributed by atoms with Crippen molar-refractivity contribution in [2.75, 3.05) is 26.2 Å². The molecule has 4 heterocycles. The first-order valence-corrected chi connectivity index (χ1v) is 9.29. The van der Waals surface area contributed by atoms with Crippen molar-refractivity contribution >= 4 is 6.03 Å². The van der Waals surface area contributed by atoms with Crippen LogP contribution in [0, 0.1) is 11.8 Å². The highest BCUT2D eigenvalue weighted by Gasteiger charge is 2.54. The largest absolute Gasteiger partial charge is 0.338 e. The van der Waals surface area contributed by atoms with E-state index in [0.717, 1.165) is 38.6 Å². The maximum absolute atomic E-state index is 12.4. The van der Waals surface area contributed by atoms with Crippen molar-refractivity contribution in [3.63, 3.8) is 0 Å². The van der Waals surface area contributed by atoms with E-state index >= 15 is 0 Å². The first kappa shape index (κ1) is 15.9. The second-order valence-electron chi connectivity index (χ2n) is 8.14. The fourth-order valence-electron chi connectivity index (χ4n) is 4.76. The average molecular weight is 328 g/mol. The smallest absolute Gasteiger partial charge is 0.317 e. The number of hydrogen-bond acceptors (Lipinski definition) is 3. The summed E-state index contributed by atoms with van der Waals surface area (Å²) in [6.07, 6.45) is 8.47. The number of urea groups is 1. The van der Waals surface area contributed by atoms with Crippen molar-refractivity contribution in [3.05, 3.63) is 30.1 Å². The Morgan fingerprint density at radius 3 is 2.62 bits per heavy atom. The molecular formula is C19H28N4O. The van der Waals surface area contributed by atoms with Crippen LogP contribution in [0.5, 0.6) is 0 Å². The normalized spacial score (nSPS) is 30.2. The maximum Gasteiger partial charge on any atom is 0.317 e. The number of carbonyl (C=O) groups excluding carboxylic acids is 1. The number of nitrogens with zero attached hydrogens (tertiary/aromatic N) is 3. The van der Waals surface area contributed by atoms with Crippen molar-refractivity contribution in [2.45, 2.75) is 44.7 Å². The van der Waals surface area contributed by atoms with Gasteiger partial charge in [0.1, 0.15) is 0 Å². The highest BCUT2D eigenvalue weighted by Crippen LogP contribution is 2.49. The van der Waals surface area contributed by atoms with Gasteiger partial charge in [0.05, 0.1) is 0 Å². The van der Waals surface area contributed by atoms with Crippen LogP contribution in [0.25, 0.3) is 0 Å². The van der Waals surface area contributed by atoms with Crippen LogP contribution < -0.4 is 5.32 Å². The van der Waals surface area contributed by atoms with Crippen molar-refractivity contribution in [3.8, 4) is 0 Å². The highest BCUT2D eigenvalue weighted by molar-refractivity contribution is 5.76. The van der Waals surface area contributed by atoms with Gasteiger partial charge in [0.2, 0.25) is 0 Å². The van der Waals surface area contributed by atoms with Gasteiger partial charge in [-0.2, -0.15) is 0 Å². The summed E-state index contributed by atoms with van der Waals surface area (Å²) in [4.78, 5) is 21.1. The number of hydrogen-bond donors (Lipinski definition) is 1. The molecule has 1 aliphatic carbocycles. The van der Waals surface area contributed by atoms with Crippen LogP contribution in [0.2, 0.25) is 0 Å². The standard InChI is InChI=1S/C19H28N4O/c1-19-10-17(11-19)14-23(19)18(24)21-12-15-4-8-22(9-5-15)13-16-2-6-20-7-3-16/h2-3,6-7,15,17H,4-5,8-14H2,1H3,(H,21,24). The van der Waals surface area contributed by atoms with Crippen LogP contribution in [0.3, 0.4) is 0 Å². The SMILES string of the molecule is CC12CC(CN1C(=O)NCC1CCN(Cc3ccncc3)CC1)C2. The molecule has 5 rings (SSSR count). The molecule has 0 atom stereocenters. The molecular weight excluding hydrogens is 300 g/mol. The zero-order chi connectivity index (χ0) is 16.6. The first-order valence-electron chi connectivity index (χ1n) is 9.29. The van der Waals surface area contributed by atoms with Crippen molar-refractivity contribution in [1.82, 2.24) is 20.1 Å². The lowest BCUT2D eigenvalue weighted by atomic mass is 9.75. The molecule has 0 spiro atoms. The fraction of sp³-hybridized carbons (Fsp3) is 0.684. The molecule has 1 aromatic heterocycles. The summed E-state index contributed by atoms with van der Waals surface area (Å²) < 4.78 is 0. The number of rotatable bonds is 4. The molecule has 5 heteroatoms. The van der Waals surface area contributed by atoms with Gasteiger partial charge in [-0.05, 0) is 75.2 Å². The monoisotopic (exact) mass is 328 g/mol. The Labute approximate surface area is 144 Å². The van der Waals surface area contributed by atoms with Crippen LogP contribution in [0.4, 0.5) is 4.79 Å². The summed E-state index contributed by atoms with van der Waals surface area (Å²) in [5.41, 5.74) is 1.49. The van der Waals surface area contributed by atoms with E-state index in [-0.39, 0.29) is 11.6 Å². The van der Waals surface area contributed by atoms with E-state index in [4.69, 9.17) is 0 Å². The van der Waals surface area contributed by atoms with Crippen LogP contribution in [0.1, 0.15) is 38.2 Å². The van der Waals surface area contributed by atoms with Crippen LogP contribution in [-0.4, -0.2) is 52.5 Å². The molecule has 5 nitrogen and oxygen atoms in total. The number of nitrogens with one attached hydrogen (secondary N) is 1. The molecule has 1 aromatic rings. The number of amides is 2. The minimum Gasteiger partial charge on any atom is -0.338 e. The predicted molar refractivity (Wildman–Crippen MR) is 93.5 cm³/mol. The summed E-state index contributed by atoms with van der Waals surface area (Å²) >= 11 is 0. The summed E-state index contributed by atoms with van der Waals surface area (Å²) in [5, 5.41) is 3.20. The average Bonchev–Trinajstić information content (AvgIpc) is 3.08. The fourth-order valence-corrected chi connectivity index (χ4v) is 4.76. The zero-order valence-electron chi connectivity index (χ0n) is 14.6. The lowest BCUT2D eigenvalue weighted by Gasteiger charge is -2.39. The lowest BCUT2D eigenvalue weighted by Crippen LogP contribution is -2.50. The number of carbonyl (C=O) groups is 1. The third-order valence-corrected chi connectivity index (χ3v) is 6.20. The van der Waals surface area contributed by atoms with Gasteiger partial charge in [-0.25, -0.2) is 4.79 Å². The van der Waals surface area contributed by atoms with E-state index < -0.39 is 0 Å². The molecule has 0 unspecified atom stereocenters. The molecule has 4 aliphatic rings. The van der Waals surface area contributed by atoms with Crippen molar-refractivity contribution < 1.29 is 4.79 Å². The van der Waals surface area contributed by atoms with Crippen molar-refractivity contribution in [1.29, 1.82) is 0 Å².